The van der Waals surface area contributed by atoms with E-state index in [1.165, 1.54) is 0 Å². The zero-order valence-corrected chi connectivity index (χ0v) is 11.2. The maximum atomic E-state index is 12.2. The van der Waals surface area contributed by atoms with Crippen molar-refractivity contribution in [2.24, 2.45) is 0 Å². The molecule has 6 nitrogen and oxygen atoms in total. The Kier molecular flexibility index (Phi) is 3.19. The molecule has 3 rings (SSSR count). The van der Waals surface area contributed by atoms with E-state index in [1.807, 2.05) is 6.07 Å². The molecule has 0 bridgehead atoms. The lowest BCUT2D eigenvalue weighted by atomic mass is 10.1. The fourth-order valence-corrected chi connectivity index (χ4v) is 2.04. The largest absolute Gasteiger partial charge is 0.493 e. The van der Waals surface area contributed by atoms with Crippen LogP contribution in [0.4, 0.5) is 0 Å². The third kappa shape index (κ3) is 2.51. The number of aromatic nitrogens is 4. The number of rotatable bonds is 2. The standard InChI is InChI=1S/C15H12N4O2/c1-9-16-8-7-11(17-9)13-18-14(20)12(15(21)19-13)10-5-3-2-4-6-10/h2-8H,1H3,(H2,18,19,20,21). The lowest BCUT2D eigenvalue weighted by Gasteiger charge is -2.06. The summed E-state index contributed by atoms with van der Waals surface area (Å²) in [5, 5.41) is 10.1. The van der Waals surface area contributed by atoms with Gasteiger partial charge in [0.25, 0.3) is 5.56 Å². The molecule has 0 radical (unpaired) electrons. The number of hydrogen-bond acceptors (Lipinski definition) is 5. The lowest BCUT2D eigenvalue weighted by Crippen LogP contribution is -2.12. The quantitative estimate of drug-likeness (QED) is 0.748. The van der Waals surface area contributed by atoms with E-state index in [-0.39, 0.29) is 17.3 Å². The van der Waals surface area contributed by atoms with Crippen LogP contribution in [0, 0.1) is 6.92 Å². The average molecular weight is 280 g/mol. The molecule has 0 atom stereocenters. The second-order valence-electron chi connectivity index (χ2n) is 4.47. The molecular weight excluding hydrogens is 268 g/mol. The maximum absolute atomic E-state index is 12.2. The van der Waals surface area contributed by atoms with Gasteiger partial charge >= 0.3 is 0 Å². The second-order valence-corrected chi connectivity index (χ2v) is 4.47. The Morgan fingerprint density at radius 1 is 1.10 bits per heavy atom. The summed E-state index contributed by atoms with van der Waals surface area (Å²) in [6.45, 7) is 1.74. The van der Waals surface area contributed by atoms with Crippen LogP contribution in [-0.2, 0) is 0 Å². The first-order valence-electron chi connectivity index (χ1n) is 6.34. The van der Waals surface area contributed by atoms with Crippen LogP contribution >= 0.6 is 0 Å². The number of aromatic amines is 1. The predicted molar refractivity (Wildman–Crippen MR) is 77.7 cm³/mol. The van der Waals surface area contributed by atoms with Gasteiger partial charge in [0, 0.05) is 6.20 Å². The van der Waals surface area contributed by atoms with Crippen LogP contribution in [0.1, 0.15) is 5.82 Å². The minimum atomic E-state index is -0.417. The molecule has 3 aromatic rings. The summed E-state index contributed by atoms with van der Waals surface area (Å²) in [6, 6.07) is 10.5. The van der Waals surface area contributed by atoms with Crippen LogP contribution < -0.4 is 5.56 Å². The van der Waals surface area contributed by atoms with E-state index in [4.69, 9.17) is 0 Å². The summed E-state index contributed by atoms with van der Waals surface area (Å²) >= 11 is 0. The van der Waals surface area contributed by atoms with E-state index in [9.17, 15) is 9.90 Å². The molecule has 0 aliphatic rings. The Bertz CT molecular complexity index is 844. The molecule has 2 aromatic heterocycles. The van der Waals surface area contributed by atoms with Crippen LogP contribution in [0.2, 0.25) is 0 Å². The lowest BCUT2D eigenvalue weighted by molar-refractivity contribution is 0.454. The minimum absolute atomic E-state index is 0.144. The van der Waals surface area contributed by atoms with Gasteiger partial charge in [-0.25, -0.2) is 9.97 Å². The summed E-state index contributed by atoms with van der Waals surface area (Å²) in [5.41, 5.74) is 0.786. The predicted octanol–water partition coefficient (Wildman–Crippen LogP) is 1.91. The van der Waals surface area contributed by atoms with Gasteiger partial charge in [-0.2, -0.15) is 4.98 Å². The van der Waals surface area contributed by atoms with Crippen LogP contribution in [0.25, 0.3) is 22.6 Å². The van der Waals surface area contributed by atoms with E-state index >= 15 is 0 Å². The van der Waals surface area contributed by atoms with E-state index in [0.717, 1.165) is 0 Å². The van der Waals surface area contributed by atoms with Crippen molar-refractivity contribution in [3.8, 4) is 28.5 Å². The molecule has 104 valence electrons. The highest BCUT2D eigenvalue weighted by molar-refractivity contribution is 5.68. The number of nitrogens with one attached hydrogen (secondary N) is 1. The first-order chi connectivity index (χ1) is 10.1. The third-order valence-electron chi connectivity index (χ3n) is 2.98. The van der Waals surface area contributed by atoms with Gasteiger partial charge in [-0.05, 0) is 18.6 Å². The summed E-state index contributed by atoms with van der Waals surface area (Å²) in [4.78, 5) is 27.0. The number of benzene rings is 1. The Balaban J connectivity index is 2.15. The highest BCUT2D eigenvalue weighted by Crippen LogP contribution is 2.24. The molecule has 0 amide bonds. The molecule has 2 heterocycles. The number of hydrogen-bond donors (Lipinski definition) is 2. The van der Waals surface area contributed by atoms with Crippen molar-refractivity contribution in [2.45, 2.75) is 6.92 Å². The summed E-state index contributed by atoms with van der Waals surface area (Å²) in [7, 11) is 0. The van der Waals surface area contributed by atoms with Gasteiger partial charge in [0.1, 0.15) is 17.1 Å². The molecule has 0 aliphatic heterocycles. The molecule has 0 spiro atoms. The highest BCUT2D eigenvalue weighted by atomic mass is 16.3. The molecule has 0 saturated heterocycles. The molecule has 6 heteroatoms. The topological polar surface area (TPSA) is 91.8 Å². The molecular formula is C15H12N4O2. The number of H-pyrrole nitrogens is 1. The molecule has 1 aromatic carbocycles. The first kappa shape index (κ1) is 13.0. The SMILES string of the molecule is Cc1nccc(-c2nc(O)c(-c3ccccc3)c(=O)[nH]2)n1. The zero-order valence-electron chi connectivity index (χ0n) is 11.2. The van der Waals surface area contributed by atoms with Crippen molar-refractivity contribution in [1.29, 1.82) is 0 Å². The van der Waals surface area contributed by atoms with E-state index in [1.54, 1.807) is 43.5 Å². The first-order valence-corrected chi connectivity index (χ1v) is 6.34. The Morgan fingerprint density at radius 3 is 2.52 bits per heavy atom. The van der Waals surface area contributed by atoms with E-state index < -0.39 is 5.56 Å². The van der Waals surface area contributed by atoms with Crippen molar-refractivity contribution in [3.63, 3.8) is 0 Å². The van der Waals surface area contributed by atoms with Gasteiger partial charge in [0.05, 0.1) is 0 Å². The Labute approximate surface area is 120 Å². The molecule has 0 unspecified atom stereocenters. The minimum Gasteiger partial charge on any atom is -0.493 e. The maximum Gasteiger partial charge on any atom is 0.262 e. The number of aryl methyl sites for hydroxylation is 1. The van der Waals surface area contributed by atoms with Crippen LogP contribution in [0.5, 0.6) is 5.88 Å². The van der Waals surface area contributed by atoms with Crippen molar-refractivity contribution in [3.05, 3.63) is 58.8 Å². The fraction of sp³-hybridized carbons (Fsp3) is 0.0667. The van der Waals surface area contributed by atoms with Crippen LogP contribution in [0.15, 0.2) is 47.4 Å². The highest BCUT2D eigenvalue weighted by Gasteiger charge is 2.14. The van der Waals surface area contributed by atoms with Crippen LogP contribution in [-0.4, -0.2) is 25.0 Å². The fourth-order valence-electron chi connectivity index (χ4n) is 2.04. The third-order valence-corrected chi connectivity index (χ3v) is 2.98. The normalized spacial score (nSPS) is 10.5. The van der Waals surface area contributed by atoms with Crippen molar-refractivity contribution in [1.82, 2.24) is 19.9 Å². The molecule has 0 saturated carbocycles. The number of nitrogens with zero attached hydrogens (tertiary/aromatic N) is 3. The van der Waals surface area contributed by atoms with E-state index in [0.29, 0.717) is 17.1 Å². The monoisotopic (exact) mass is 280 g/mol. The molecule has 21 heavy (non-hydrogen) atoms. The van der Waals surface area contributed by atoms with E-state index in [2.05, 4.69) is 19.9 Å². The Hall–Kier alpha value is -3.02. The molecule has 0 fully saturated rings. The van der Waals surface area contributed by atoms with Gasteiger partial charge < -0.3 is 10.1 Å². The van der Waals surface area contributed by atoms with Gasteiger partial charge in [0.2, 0.25) is 5.88 Å². The van der Waals surface area contributed by atoms with Gasteiger partial charge in [-0.3, -0.25) is 4.79 Å². The van der Waals surface area contributed by atoms with Gasteiger partial charge in [0.15, 0.2) is 5.82 Å². The van der Waals surface area contributed by atoms with Crippen molar-refractivity contribution >= 4 is 0 Å². The molecule has 0 aliphatic carbocycles. The molecule has 2 N–H and O–H groups in total. The average Bonchev–Trinajstić information content (AvgIpc) is 2.47. The summed E-state index contributed by atoms with van der Waals surface area (Å²) in [5.74, 6) is 0.445. The second kappa shape index (κ2) is 5.16. The Morgan fingerprint density at radius 2 is 1.86 bits per heavy atom. The number of aromatic hydroxyl groups is 1. The van der Waals surface area contributed by atoms with Crippen molar-refractivity contribution < 1.29 is 5.11 Å². The zero-order chi connectivity index (χ0) is 14.8. The van der Waals surface area contributed by atoms with Crippen LogP contribution in [0.3, 0.4) is 0 Å². The summed E-state index contributed by atoms with van der Waals surface area (Å²) in [6.07, 6.45) is 1.57. The summed E-state index contributed by atoms with van der Waals surface area (Å²) < 4.78 is 0. The van der Waals surface area contributed by atoms with Gasteiger partial charge in [-0.15, -0.1) is 0 Å². The smallest absolute Gasteiger partial charge is 0.262 e. The van der Waals surface area contributed by atoms with Gasteiger partial charge in [-0.1, -0.05) is 30.3 Å². The van der Waals surface area contributed by atoms with Crippen molar-refractivity contribution in [2.75, 3.05) is 0 Å².